The van der Waals surface area contributed by atoms with Crippen LogP contribution in [0.4, 0.5) is 13.2 Å². The summed E-state index contributed by atoms with van der Waals surface area (Å²) in [6.07, 6.45) is -1.97. The van der Waals surface area contributed by atoms with Gasteiger partial charge in [0.1, 0.15) is 0 Å². The Bertz CT molecular complexity index is 736. The molecule has 1 nitrogen and oxygen atoms in total. The van der Waals surface area contributed by atoms with Crippen LogP contribution in [0.3, 0.4) is 0 Å². The molecule has 0 aliphatic carbocycles. The van der Waals surface area contributed by atoms with Crippen molar-refractivity contribution in [1.29, 1.82) is 0 Å². The van der Waals surface area contributed by atoms with Crippen LogP contribution in [0.25, 0.3) is 6.08 Å². The van der Waals surface area contributed by atoms with Gasteiger partial charge in [-0.15, -0.1) is 0 Å². The molecule has 0 saturated heterocycles. The lowest BCUT2D eigenvalue weighted by Crippen LogP contribution is -2.04. The van der Waals surface area contributed by atoms with Crippen LogP contribution in [-0.4, -0.2) is 5.78 Å². The quantitative estimate of drug-likeness (QED) is 0.499. The molecule has 0 saturated carbocycles. The molecule has 0 aliphatic rings. The van der Waals surface area contributed by atoms with Gasteiger partial charge in [0, 0.05) is 10.6 Å². The number of hydrogen-bond acceptors (Lipinski definition) is 1. The second kappa shape index (κ2) is 6.55. The zero-order valence-electron chi connectivity index (χ0n) is 11.0. The molecular formula is C16H9Cl2F3O. The van der Waals surface area contributed by atoms with E-state index in [9.17, 15) is 18.0 Å². The van der Waals surface area contributed by atoms with Crippen molar-refractivity contribution in [2.45, 2.75) is 6.18 Å². The molecule has 2 rings (SSSR count). The highest BCUT2D eigenvalue weighted by Crippen LogP contribution is 2.30. The van der Waals surface area contributed by atoms with Gasteiger partial charge in [0.25, 0.3) is 0 Å². The number of ketones is 1. The lowest BCUT2D eigenvalue weighted by Gasteiger charge is -2.06. The summed E-state index contributed by atoms with van der Waals surface area (Å²) in [6.45, 7) is 0. The topological polar surface area (TPSA) is 17.1 Å². The van der Waals surface area contributed by atoms with Crippen LogP contribution in [0.2, 0.25) is 10.0 Å². The number of carbonyl (C=O) groups excluding carboxylic acids is 1. The smallest absolute Gasteiger partial charge is 0.289 e. The van der Waals surface area contributed by atoms with Gasteiger partial charge in [0.2, 0.25) is 0 Å². The third-order valence-corrected chi connectivity index (χ3v) is 3.40. The van der Waals surface area contributed by atoms with E-state index in [1.54, 1.807) is 0 Å². The second-order valence-corrected chi connectivity index (χ2v) is 5.29. The molecule has 0 aromatic heterocycles. The van der Waals surface area contributed by atoms with Crippen LogP contribution < -0.4 is 0 Å². The molecule has 22 heavy (non-hydrogen) atoms. The molecule has 0 atom stereocenters. The predicted octanol–water partition coefficient (Wildman–Crippen LogP) is 5.91. The van der Waals surface area contributed by atoms with E-state index in [0.29, 0.717) is 5.02 Å². The predicted molar refractivity (Wildman–Crippen MR) is 81.3 cm³/mol. The summed E-state index contributed by atoms with van der Waals surface area (Å²) in [4.78, 5) is 12.0. The van der Waals surface area contributed by atoms with Crippen LogP contribution >= 0.6 is 23.2 Å². The maximum Gasteiger partial charge on any atom is 0.416 e. The van der Waals surface area contributed by atoms with E-state index >= 15 is 0 Å². The minimum absolute atomic E-state index is 0.192. The summed E-state index contributed by atoms with van der Waals surface area (Å²) in [7, 11) is 0. The van der Waals surface area contributed by atoms with Gasteiger partial charge in [-0.3, -0.25) is 4.79 Å². The zero-order chi connectivity index (χ0) is 16.3. The average Bonchev–Trinajstić information content (AvgIpc) is 2.47. The van der Waals surface area contributed by atoms with E-state index in [2.05, 4.69) is 0 Å². The van der Waals surface area contributed by atoms with Gasteiger partial charge in [-0.05, 0) is 42.0 Å². The van der Waals surface area contributed by atoms with Crippen LogP contribution in [0.1, 0.15) is 21.5 Å². The van der Waals surface area contributed by atoms with Gasteiger partial charge in [-0.1, -0.05) is 41.4 Å². The first-order valence-corrected chi connectivity index (χ1v) is 6.88. The monoisotopic (exact) mass is 344 g/mol. The fourth-order valence-corrected chi connectivity index (χ4v) is 2.15. The Morgan fingerprint density at radius 3 is 2.45 bits per heavy atom. The van der Waals surface area contributed by atoms with Crippen LogP contribution in [0.5, 0.6) is 0 Å². The highest BCUT2D eigenvalue weighted by Gasteiger charge is 2.30. The number of allylic oxidation sites excluding steroid dienone is 1. The van der Waals surface area contributed by atoms with E-state index in [0.717, 1.165) is 18.2 Å². The molecule has 0 fully saturated rings. The van der Waals surface area contributed by atoms with Crippen molar-refractivity contribution in [3.63, 3.8) is 0 Å². The van der Waals surface area contributed by atoms with Crippen molar-refractivity contribution in [1.82, 2.24) is 0 Å². The molecule has 0 heterocycles. The van der Waals surface area contributed by atoms with Gasteiger partial charge in [0.05, 0.1) is 10.6 Å². The number of halogens is 5. The number of benzene rings is 2. The number of hydrogen-bond donors (Lipinski definition) is 0. The molecule has 0 unspecified atom stereocenters. The lowest BCUT2D eigenvalue weighted by molar-refractivity contribution is -0.137. The first-order valence-electron chi connectivity index (χ1n) is 6.12. The molecule has 0 N–H and O–H groups in total. The van der Waals surface area contributed by atoms with E-state index in [1.807, 2.05) is 0 Å². The normalized spacial score (nSPS) is 11.9. The fraction of sp³-hybridized carbons (Fsp3) is 0.0625. The maximum atomic E-state index is 12.6. The van der Waals surface area contributed by atoms with E-state index < -0.39 is 17.5 Å². The van der Waals surface area contributed by atoms with Crippen molar-refractivity contribution in [3.05, 3.63) is 75.3 Å². The third-order valence-electron chi connectivity index (χ3n) is 2.83. The van der Waals surface area contributed by atoms with Gasteiger partial charge < -0.3 is 0 Å². The Morgan fingerprint density at radius 2 is 1.77 bits per heavy atom. The summed E-state index contributed by atoms with van der Waals surface area (Å²) in [5.41, 5.74) is -0.318. The van der Waals surface area contributed by atoms with Crippen molar-refractivity contribution in [3.8, 4) is 0 Å². The molecule has 6 heteroatoms. The Morgan fingerprint density at radius 1 is 1.05 bits per heavy atom. The van der Waals surface area contributed by atoms with Crippen LogP contribution in [0.15, 0.2) is 48.5 Å². The highest BCUT2D eigenvalue weighted by molar-refractivity contribution is 6.36. The first-order chi connectivity index (χ1) is 10.3. The van der Waals surface area contributed by atoms with E-state index in [1.165, 1.54) is 36.4 Å². The lowest BCUT2D eigenvalue weighted by atomic mass is 10.1. The van der Waals surface area contributed by atoms with Crippen molar-refractivity contribution < 1.29 is 18.0 Å². The summed E-state index contributed by atoms with van der Waals surface area (Å²) >= 11 is 11.7. The molecular weight excluding hydrogens is 336 g/mol. The van der Waals surface area contributed by atoms with Crippen molar-refractivity contribution >= 4 is 35.1 Å². The van der Waals surface area contributed by atoms with Gasteiger partial charge >= 0.3 is 6.18 Å². The minimum Gasteiger partial charge on any atom is -0.289 e. The summed E-state index contributed by atoms with van der Waals surface area (Å²) in [6, 6.07) is 9.10. The number of rotatable bonds is 3. The standard InChI is InChI=1S/C16H9Cl2F3O/c17-12-5-6-14(18)13(9-12)15(22)7-4-10-2-1-3-11(8-10)16(19,20)21/h1-9H/b7-4+. The van der Waals surface area contributed by atoms with Crippen molar-refractivity contribution in [2.75, 3.05) is 0 Å². The highest BCUT2D eigenvalue weighted by atomic mass is 35.5. The molecule has 2 aromatic carbocycles. The minimum atomic E-state index is -4.43. The molecule has 0 amide bonds. The Kier molecular flexibility index (Phi) is 4.94. The van der Waals surface area contributed by atoms with Crippen molar-refractivity contribution in [2.24, 2.45) is 0 Å². The van der Waals surface area contributed by atoms with Crippen LogP contribution in [0, 0.1) is 0 Å². The van der Waals surface area contributed by atoms with Gasteiger partial charge in [0.15, 0.2) is 5.78 Å². The Balaban J connectivity index is 2.25. The first kappa shape index (κ1) is 16.6. The average molecular weight is 345 g/mol. The second-order valence-electron chi connectivity index (χ2n) is 4.44. The zero-order valence-corrected chi connectivity index (χ0v) is 12.5. The number of alkyl halides is 3. The molecule has 0 spiro atoms. The molecule has 2 aromatic rings. The molecule has 114 valence electrons. The molecule has 0 aliphatic heterocycles. The summed E-state index contributed by atoms with van der Waals surface area (Å²) in [5.74, 6) is -0.440. The molecule has 0 bridgehead atoms. The number of carbonyl (C=O) groups is 1. The van der Waals surface area contributed by atoms with E-state index in [4.69, 9.17) is 23.2 Å². The summed E-state index contributed by atoms with van der Waals surface area (Å²) in [5, 5.41) is 0.573. The largest absolute Gasteiger partial charge is 0.416 e. The van der Waals surface area contributed by atoms with Gasteiger partial charge in [-0.2, -0.15) is 13.2 Å². The van der Waals surface area contributed by atoms with E-state index in [-0.39, 0.29) is 16.1 Å². The SMILES string of the molecule is O=C(/C=C/c1cccc(C(F)(F)F)c1)c1cc(Cl)ccc1Cl. The molecule has 0 radical (unpaired) electrons. The maximum absolute atomic E-state index is 12.6. The summed E-state index contributed by atoms with van der Waals surface area (Å²) < 4.78 is 37.8. The Labute approximate surface area is 135 Å². The fourth-order valence-electron chi connectivity index (χ4n) is 1.77. The van der Waals surface area contributed by atoms with Crippen LogP contribution in [-0.2, 0) is 6.18 Å². The van der Waals surface area contributed by atoms with Gasteiger partial charge in [-0.25, -0.2) is 0 Å². The Hall–Kier alpha value is -1.78. The third kappa shape index (κ3) is 4.12.